The minimum atomic E-state index is -0.403. The van der Waals surface area contributed by atoms with E-state index < -0.39 is 5.92 Å². The van der Waals surface area contributed by atoms with Gasteiger partial charge in [0, 0.05) is 24.4 Å². The fourth-order valence-electron chi connectivity index (χ4n) is 5.74. The van der Waals surface area contributed by atoms with Gasteiger partial charge in [0.2, 0.25) is 0 Å². The predicted octanol–water partition coefficient (Wildman–Crippen LogP) is 5.20. The standard InChI is InChI=1S/C30H33NO5/c1-19(21-9-10-23-16-25(34-3)13-11-22(23)15-21)29(32)35-18-26-27-14-12-24(31(27)2)17-28(26)36-30(33)20-7-5-4-6-8-20/h4-11,13,15-16,19,24,26-28H,12,14,17-18H2,1-3H3/t19?,24-,26-,27+,28+/m1/s1. The number of carbonyl (C=O) groups excluding carboxylic acids is 2. The molecule has 0 N–H and O–H groups in total. The van der Waals surface area contributed by atoms with Crippen molar-refractivity contribution < 1.29 is 23.8 Å². The van der Waals surface area contributed by atoms with Crippen LogP contribution in [0.3, 0.4) is 0 Å². The summed E-state index contributed by atoms with van der Waals surface area (Å²) in [5, 5.41) is 2.11. The van der Waals surface area contributed by atoms with Gasteiger partial charge in [-0.25, -0.2) is 4.79 Å². The van der Waals surface area contributed by atoms with Crippen molar-refractivity contribution in [3.05, 3.63) is 77.9 Å². The first kappa shape index (κ1) is 24.3. The Morgan fingerprint density at radius 3 is 2.53 bits per heavy atom. The average Bonchev–Trinajstić information content (AvgIpc) is 3.16. The summed E-state index contributed by atoms with van der Waals surface area (Å²) in [6.45, 7) is 2.11. The van der Waals surface area contributed by atoms with E-state index in [1.54, 1.807) is 19.2 Å². The second-order valence-corrected chi connectivity index (χ2v) is 10.00. The molecule has 0 amide bonds. The Balaban J connectivity index is 1.27. The number of methoxy groups -OCH3 is 1. The van der Waals surface area contributed by atoms with Crippen molar-refractivity contribution >= 4 is 22.7 Å². The smallest absolute Gasteiger partial charge is 0.338 e. The molecule has 2 aliphatic heterocycles. The number of rotatable bonds is 7. The monoisotopic (exact) mass is 487 g/mol. The molecule has 6 heteroatoms. The van der Waals surface area contributed by atoms with Crippen molar-refractivity contribution in [2.75, 3.05) is 20.8 Å². The van der Waals surface area contributed by atoms with E-state index in [9.17, 15) is 9.59 Å². The normalized spacial score (nSPS) is 24.3. The Morgan fingerprint density at radius 1 is 1.00 bits per heavy atom. The molecule has 3 aromatic rings. The molecule has 6 nitrogen and oxygen atoms in total. The Labute approximate surface area is 212 Å². The molecular formula is C30H33NO5. The summed E-state index contributed by atoms with van der Waals surface area (Å²) in [5.41, 5.74) is 1.45. The zero-order valence-corrected chi connectivity index (χ0v) is 21.1. The lowest BCUT2D eigenvalue weighted by Gasteiger charge is -2.42. The molecule has 5 atom stereocenters. The van der Waals surface area contributed by atoms with Crippen LogP contribution in [0.25, 0.3) is 10.8 Å². The van der Waals surface area contributed by atoms with Crippen LogP contribution in [0.15, 0.2) is 66.7 Å². The van der Waals surface area contributed by atoms with Crippen molar-refractivity contribution in [2.45, 2.75) is 50.3 Å². The van der Waals surface area contributed by atoms with Gasteiger partial charge >= 0.3 is 11.9 Å². The lowest BCUT2D eigenvalue weighted by molar-refractivity contribution is -0.150. The van der Waals surface area contributed by atoms with Gasteiger partial charge in [-0.15, -0.1) is 0 Å². The van der Waals surface area contributed by atoms with Crippen molar-refractivity contribution in [1.82, 2.24) is 4.90 Å². The third kappa shape index (κ3) is 4.82. The number of carbonyl (C=O) groups is 2. The lowest BCUT2D eigenvalue weighted by atomic mass is 9.88. The molecule has 2 heterocycles. The minimum Gasteiger partial charge on any atom is -0.497 e. The number of benzene rings is 3. The molecule has 1 unspecified atom stereocenters. The van der Waals surface area contributed by atoms with Gasteiger partial charge in [-0.1, -0.05) is 42.5 Å². The summed E-state index contributed by atoms with van der Waals surface area (Å²) in [5.74, 6) is -0.237. The van der Waals surface area contributed by atoms with Gasteiger partial charge in [0.25, 0.3) is 0 Å². The lowest BCUT2D eigenvalue weighted by Crippen LogP contribution is -2.52. The molecule has 2 aliphatic rings. The third-order valence-electron chi connectivity index (χ3n) is 7.98. The second kappa shape index (κ2) is 10.3. The molecule has 0 saturated carbocycles. The van der Waals surface area contributed by atoms with Gasteiger partial charge in [-0.2, -0.15) is 0 Å². The molecule has 5 rings (SSSR count). The van der Waals surface area contributed by atoms with Crippen LogP contribution in [-0.4, -0.2) is 55.8 Å². The molecule has 0 aliphatic carbocycles. The summed E-state index contributed by atoms with van der Waals surface area (Å²) < 4.78 is 17.2. The van der Waals surface area contributed by atoms with E-state index >= 15 is 0 Å². The molecule has 2 fully saturated rings. The van der Waals surface area contributed by atoms with E-state index in [1.165, 1.54) is 0 Å². The molecule has 2 saturated heterocycles. The summed E-state index contributed by atoms with van der Waals surface area (Å²) in [6.07, 6.45) is 2.58. The van der Waals surface area contributed by atoms with E-state index in [2.05, 4.69) is 11.9 Å². The quantitative estimate of drug-likeness (QED) is 0.427. The van der Waals surface area contributed by atoms with Crippen LogP contribution >= 0.6 is 0 Å². The fraction of sp³-hybridized carbons (Fsp3) is 0.400. The largest absolute Gasteiger partial charge is 0.497 e. The minimum absolute atomic E-state index is 0.0540. The third-order valence-corrected chi connectivity index (χ3v) is 7.98. The molecule has 188 valence electrons. The molecule has 3 aromatic carbocycles. The van der Waals surface area contributed by atoms with Crippen molar-refractivity contribution in [3.8, 4) is 5.75 Å². The first-order valence-corrected chi connectivity index (χ1v) is 12.7. The van der Waals surface area contributed by atoms with E-state index in [0.717, 1.165) is 41.3 Å². The maximum Gasteiger partial charge on any atom is 0.338 e. The number of ether oxygens (including phenoxy) is 3. The Bertz CT molecular complexity index is 1240. The molecule has 0 aromatic heterocycles. The van der Waals surface area contributed by atoms with Crippen LogP contribution in [0.2, 0.25) is 0 Å². The molecule has 36 heavy (non-hydrogen) atoms. The zero-order chi connectivity index (χ0) is 25.2. The van der Waals surface area contributed by atoms with Crippen molar-refractivity contribution in [1.29, 1.82) is 0 Å². The van der Waals surface area contributed by atoms with Crippen molar-refractivity contribution in [3.63, 3.8) is 0 Å². The van der Waals surface area contributed by atoms with Crippen molar-refractivity contribution in [2.24, 2.45) is 5.92 Å². The number of hydrogen-bond acceptors (Lipinski definition) is 6. The highest BCUT2D eigenvalue weighted by atomic mass is 16.6. The molecule has 0 spiro atoms. The summed E-state index contributed by atoms with van der Waals surface area (Å²) in [4.78, 5) is 28.3. The summed E-state index contributed by atoms with van der Waals surface area (Å²) in [6, 6.07) is 21.6. The highest BCUT2D eigenvalue weighted by molar-refractivity contribution is 5.89. The molecule has 2 bridgehead atoms. The van der Waals surface area contributed by atoms with E-state index in [4.69, 9.17) is 14.2 Å². The summed E-state index contributed by atoms with van der Waals surface area (Å²) >= 11 is 0. The van der Waals surface area contributed by atoms with Crippen LogP contribution in [0.1, 0.15) is 48.0 Å². The van der Waals surface area contributed by atoms with E-state index in [-0.39, 0.29) is 36.6 Å². The predicted molar refractivity (Wildman–Crippen MR) is 138 cm³/mol. The van der Waals surface area contributed by atoms with Crippen LogP contribution < -0.4 is 4.74 Å². The van der Waals surface area contributed by atoms with Gasteiger partial charge in [-0.05, 0) is 67.4 Å². The Hall–Kier alpha value is -3.38. The first-order valence-electron chi connectivity index (χ1n) is 12.7. The first-order chi connectivity index (χ1) is 17.4. The number of nitrogens with zero attached hydrogens (tertiary/aromatic N) is 1. The summed E-state index contributed by atoms with van der Waals surface area (Å²) in [7, 11) is 3.77. The molecular weight excluding hydrogens is 454 g/mol. The second-order valence-electron chi connectivity index (χ2n) is 10.00. The van der Waals surface area contributed by atoms with Gasteiger partial charge in [0.05, 0.1) is 25.2 Å². The van der Waals surface area contributed by atoms with Crippen LogP contribution in [-0.2, 0) is 14.3 Å². The highest BCUT2D eigenvalue weighted by Crippen LogP contribution is 2.40. The highest BCUT2D eigenvalue weighted by Gasteiger charge is 2.47. The van der Waals surface area contributed by atoms with E-state index in [1.807, 2.05) is 61.5 Å². The average molecular weight is 488 g/mol. The van der Waals surface area contributed by atoms with Gasteiger partial charge in [0.15, 0.2) is 0 Å². The maximum atomic E-state index is 13.1. The number of piperidine rings is 1. The fourth-order valence-corrected chi connectivity index (χ4v) is 5.74. The number of fused-ring (bicyclic) bond motifs is 3. The number of hydrogen-bond donors (Lipinski definition) is 0. The van der Waals surface area contributed by atoms with E-state index in [0.29, 0.717) is 11.6 Å². The number of esters is 2. The Kier molecular flexibility index (Phi) is 6.97. The topological polar surface area (TPSA) is 65.1 Å². The van der Waals surface area contributed by atoms with Crippen LogP contribution in [0.4, 0.5) is 0 Å². The Morgan fingerprint density at radius 2 is 1.75 bits per heavy atom. The molecule has 0 radical (unpaired) electrons. The van der Waals surface area contributed by atoms with Gasteiger partial charge in [-0.3, -0.25) is 9.69 Å². The SMILES string of the molecule is COc1ccc2cc(C(C)C(=O)OC[C@H]3[C@@H](OC(=O)c4ccccc4)C[C@H]4CC[C@@H]3N4C)ccc2c1. The van der Waals surface area contributed by atoms with Gasteiger partial charge in [0.1, 0.15) is 11.9 Å². The van der Waals surface area contributed by atoms with Gasteiger partial charge < -0.3 is 14.2 Å². The maximum absolute atomic E-state index is 13.1. The zero-order valence-electron chi connectivity index (χ0n) is 21.1. The van der Waals surface area contributed by atoms with Crippen LogP contribution in [0.5, 0.6) is 5.75 Å². The van der Waals surface area contributed by atoms with Crippen LogP contribution in [0, 0.1) is 5.92 Å².